The second kappa shape index (κ2) is 9.13. The molecule has 0 nitrogen and oxygen atoms in total. The second-order valence-electron chi connectivity index (χ2n) is 11.3. The van der Waals surface area contributed by atoms with E-state index in [9.17, 15) is 0 Å². The van der Waals surface area contributed by atoms with Gasteiger partial charge in [0.2, 0.25) is 0 Å². The first-order chi connectivity index (χ1) is 15.9. The van der Waals surface area contributed by atoms with Crippen LogP contribution in [0.25, 0.3) is 17.2 Å². The summed E-state index contributed by atoms with van der Waals surface area (Å²) >= 11 is 0. The van der Waals surface area contributed by atoms with Crippen molar-refractivity contribution in [2.24, 2.45) is 17.8 Å². The molecule has 1 unspecified atom stereocenters. The van der Waals surface area contributed by atoms with Crippen LogP contribution in [0.3, 0.4) is 0 Å². The lowest BCUT2D eigenvalue weighted by Crippen LogP contribution is -2.11. The summed E-state index contributed by atoms with van der Waals surface area (Å²) in [6.07, 6.45) is 14.0. The van der Waals surface area contributed by atoms with Crippen LogP contribution in [0, 0.1) is 31.6 Å². The highest BCUT2D eigenvalue weighted by atomic mass is 14.4. The van der Waals surface area contributed by atoms with Crippen LogP contribution in [-0.2, 0) is 12.8 Å². The summed E-state index contributed by atoms with van der Waals surface area (Å²) in [6, 6.07) is 11.8. The molecule has 2 fully saturated rings. The van der Waals surface area contributed by atoms with E-state index in [-0.39, 0.29) is 0 Å². The molecule has 172 valence electrons. The Balaban J connectivity index is 1.45. The molecule has 33 heavy (non-hydrogen) atoms. The van der Waals surface area contributed by atoms with Crippen LogP contribution in [0.2, 0.25) is 0 Å². The van der Waals surface area contributed by atoms with E-state index in [1.54, 1.807) is 11.1 Å². The fourth-order valence-corrected chi connectivity index (χ4v) is 6.82. The van der Waals surface area contributed by atoms with Crippen LogP contribution >= 0.6 is 0 Å². The number of rotatable bonds is 5. The van der Waals surface area contributed by atoms with Crippen LogP contribution in [-0.4, -0.2) is 0 Å². The van der Waals surface area contributed by atoms with Gasteiger partial charge in [0.25, 0.3) is 0 Å². The Labute approximate surface area is 201 Å². The lowest BCUT2D eigenvalue weighted by atomic mass is 9.80. The molecule has 2 atom stereocenters. The van der Waals surface area contributed by atoms with Crippen molar-refractivity contribution < 1.29 is 0 Å². The van der Waals surface area contributed by atoms with Gasteiger partial charge in [0.15, 0.2) is 0 Å². The highest BCUT2D eigenvalue weighted by Gasteiger charge is 2.31. The van der Waals surface area contributed by atoms with Crippen molar-refractivity contribution >= 4 is 6.08 Å². The quantitative estimate of drug-likeness (QED) is 0.410. The third kappa shape index (κ3) is 4.42. The molecule has 0 amide bonds. The van der Waals surface area contributed by atoms with E-state index < -0.39 is 0 Å². The van der Waals surface area contributed by atoms with Crippen LogP contribution in [0.5, 0.6) is 0 Å². The van der Waals surface area contributed by atoms with E-state index in [1.807, 2.05) is 0 Å². The third-order valence-electron chi connectivity index (χ3n) is 8.71. The fraction of sp³-hybridized carbons (Fsp3) is 0.455. The predicted octanol–water partition coefficient (Wildman–Crippen LogP) is 9.19. The van der Waals surface area contributed by atoms with Crippen molar-refractivity contribution in [3.05, 3.63) is 88.0 Å². The van der Waals surface area contributed by atoms with E-state index in [1.165, 1.54) is 83.1 Å². The Morgan fingerprint density at radius 2 is 1.73 bits per heavy atom. The first-order valence-electron chi connectivity index (χ1n) is 13.2. The van der Waals surface area contributed by atoms with E-state index in [0.29, 0.717) is 11.8 Å². The zero-order valence-corrected chi connectivity index (χ0v) is 21.0. The summed E-state index contributed by atoms with van der Waals surface area (Å²) in [7, 11) is 0. The smallest absolute Gasteiger partial charge is 0.00419 e. The third-order valence-corrected chi connectivity index (χ3v) is 8.71. The molecule has 2 saturated carbocycles. The number of allylic oxidation sites excluding steroid dienone is 3. The molecule has 2 aromatic carbocycles. The van der Waals surface area contributed by atoms with E-state index in [2.05, 4.69) is 70.3 Å². The molecule has 0 heterocycles. The van der Waals surface area contributed by atoms with Gasteiger partial charge in [-0.25, -0.2) is 0 Å². The highest BCUT2D eigenvalue weighted by molar-refractivity contribution is 5.80. The second-order valence-corrected chi connectivity index (χ2v) is 11.3. The summed E-state index contributed by atoms with van der Waals surface area (Å²) in [6.45, 7) is 15.7. The minimum Gasteiger partial charge on any atom is -0.0992 e. The normalized spacial score (nSPS) is 23.2. The largest absolute Gasteiger partial charge is 0.0992 e. The molecule has 0 spiro atoms. The van der Waals surface area contributed by atoms with Crippen LogP contribution in [0.15, 0.2) is 60.2 Å². The van der Waals surface area contributed by atoms with Gasteiger partial charge in [-0.3, -0.25) is 0 Å². The Hall–Kier alpha value is -2.34. The van der Waals surface area contributed by atoms with Crippen LogP contribution in [0.4, 0.5) is 0 Å². The van der Waals surface area contributed by atoms with Crippen molar-refractivity contribution in [2.75, 3.05) is 0 Å². The molecule has 0 aliphatic heterocycles. The van der Waals surface area contributed by atoms with Gasteiger partial charge in [-0.2, -0.15) is 0 Å². The monoisotopic (exact) mass is 436 g/mol. The molecule has 0 N–H and O–H groups in total. The van der Waals surface area contributed by atoms with E-state index >= 15 is 0 Å². The summed E-state index contributed by atoms with van der Waals surface area (Å²) in [5.41, 5.74) is 14.7. The number of benzene rings is 2. The topological polar surface area (TPSA) is 0 Å². The summed E-state index contributed by atoms with van der Waals surface area (Å²) in [4.78, 5) is 0. The molecule has 0 saturated heterocycles. The van der Waals surface area contributed by atoms with Gasteiger partial charge in [-0.05, 0) is 84.7 Å². The van der Waals surface area contributed by atoms with Crippen molar-refractivity contribution in [2.45, 2.75) is 78.6 Å². The zero-order chi connectivity index (χ0) is 23.1. The van der Waals surface area contributed by atoms with Crippen molar-refractivity contribution in [1.82, 2.24) is 0 Å². The highest BCUT2D eigenvalue weighted by Crippen LogP contribution is 2.45. The van der Waals surface area contributed by atoms with Gasteiger partial charge in [-0.15, -0.1) is 0 Å². The standard InChI is InChI=1S/C33H40/c1-21-14-23(3)31(18-26-10-7-6-8-11-26)33(15-21)29-13-9-12-28-17-27(20-32(28)29)19-30-24(4)16-22(2)25(30)5/h9,12-15,17,22,26,30H,4-8,10-11,16,18-20H2,1-3H3/t22-,30?/m1/s1. The lowest BCUT2D eigenvalue weighted by Gasteiger charge is -2.25. The molecule has 3 aliphatic rings. The molecule has 0 bridgehead atoms. The van der Waals surface area contributed by atoms with Gasteiger partial charge in [0, 0.05) is 5.92 Å². The maximum Gasteiger partial charge on any atom is 0.00419 e. The summed E-state index contributed by atoms with van der Waals surface area (Å²) < 4.78 is 0. The molecule has 2 aromatic rings. The van der Waals surface area contributed by atoms with Crippen LogP contribution in [0.1, 0.15) is 79.7 Å². The SMILES string of the molecule is C=C1C[C@@H](C)C(=C)C1CC1=Cc2cccc(-c3cc(C)cc(C)c3CC3CCCCC3)c2C1. The van der Waals surface area contributed by atoms with Crippen molar-refractivity contribution in [3.8, 4) is 11.1 Å². The number of fused-ring (bicyclic) bond motifs is 1. The van der Waals surface area contributed by atoms with E-state index in [4.69, 9.17) is 0 Å². The van der Waals surface area contributed by atoms with Gasteiger partial charge in [0.05, 0.1) is 0 Å². The predicted molar refractivity (Wildman–Crippen MR) is 143 cm³/mol. The Bertz CT molecular complexity index is 1120. The number of hydrogen-bond donors (Lipinski definition) is 0. The van der Waals surface area contributed by atoms with Crippen molar-refractivity contribution in [1.29, 1.82) is 0 Å². The average molecular weight is 437 g/mol. The first kappa shape index (κ1) is 22.5. The van der Waals surface area contributed by atoms with Gasteiger partial charge < -0.3 is 0 Å². The number of hydrogen-bond acceptors (Lipinski definition) is 0. The fourth-order valence-electron chi connectivity index (χ4n) is 6.82. The Morgan fingerprint density at radius 3 is 2.45 bits per heavy atom. The minimum absolute atomic E-state index is 0.465. The number of aryl methyl sites for hydroxylation is 2. The Kier molecular flexibility index (Phi) is 6.21. The summed E-state index contributed by atoms with van der Waals surface area (Å²) in [5, 5.41) is 0. The molecule has 5 rings (SSSR count). The average Bonchev–Trinajstić information content (AvgIpc) is 3.31. The molecule has 0 radical (unpaired) electrons. The Morgan fingerprint density at radius 1 is 0.939 bits per heavy atom. The van der Waals surface area contributed by atoms with Gasteiger partial charge >= 0.3 is 0 Å². The maximum absolute atomic E-state index is 4.42. The van der Waals surface area contributed by atoms with Crippen LogP contribution < -0.4 is 0 Å². The summed E-state index contributed by atoms with van der Waals surface area (Å²) in [5.74, 6) is 1.90. The van der Waals surface area contributed by atoms with Crippen molar-refractivity contribution in [3.63, 3.8) is 0 Å². The zero-order valence-electron chi connectivity index (χ0n) is 21.0. The maximum atomic E-state index is 4.42. The lowest BCUT2D eigenvalue weighted by molar-refractivity contribution is 0.356. The molecule has 3 aliphatic carbocycles. The molecular formula is C33H40. The van der Waals surface area contributed by atoms with Gasteiger partial charge in [-0.1, -0.05) is 111 Å². The van der Waals surface area contributed by atoms with E-state index in [0.717, 1.165) is 25.2 Å². The molecular weight excluding hydrogens is 396 g/mol. The minimum atomic E-state index is 0.465. The first-order valence-corrected chi connectivity index (χ1v) is 13.2. The molecule has 0 aromatic heterocycles. The molecule has 0 heteroatoms. The van der Waals surface area contributed by atoms with Gasteiger partial charge in [0.1, 0.15) is 0 Å².